The van der Waals surface area contributed by atoms with Gasteiger partial charge in [0.05, 0.1) is 10.6 Å². The number of carbonyl (C=O) groups excluding carboxylic acids is 2. The molecule has 0 bridgehead atoms. The number of benzene rings is 3. The molecule has 0 radical (unpaired) electrons. The van der Waals surface area contributed by atoms with Crippen molar-refractivity contribution in [3.8, 4) is 0 Å². The molecule has 0 aliphatic rings. The Morgan fingerprint density at radius 2 is 1.53 bits per heavy atom. The highest BCUT2D eigenvalue weighted by molar-refractivity contribution is 7.92. The first-order chi connectivity index (χ1) is 18.0. The van der Waals surface area contributed by atoms with Crippen molar-refractivity contribution >= 4 is 39.1 Å². The molecule has 3 aromatic rings. The van der Waals surface area contributed by atoms with Crippen LogP contribution < -0.4 is 9.62 Å². The molecular formula is C29H34ClN3O4S. The summed E-state index contributed by atoms with van der Waals surface area (Å²) in [5, 5.41) is 3.44. The Labute approximate surface area is 230 Å². The van der Waals surface area contributed by atoms with E-state index in [0.717, 1.165) is 15.4 Å². The molecule has 0 heterocycles. The van der Waals surface area contributed by atoms with Gasteiger partial charge in [0.2, 0.25) is 11.8 Å². The van der Waals surface area contributed by atoms with E-state index < -0.39 is 28.5 Å². The lowest BCUT2D eigenvalue weighted by atomic mass is 10.1. The standard InChI is InChI=1S/C29H34ClN3O4S/c1-5-27(29(35)31-21(2)3)32(19-23-13-15-24(30)16-14-23)28(34)20-33(25-17-11-22(4)12-18-25)38(36,37)26-9-7-6-8-10-26/h6-18,21,27H,5,19-20H2,1-4H3,(H,31,35)/t27-/m1/s1. The van der Waals surface area contributed by atoms with Gasteiger partial charge in [-0.1, -0.05) is 66.6 Å². The molecule has 3 rings (SSSR count). The predicted molar refractivity (Wildman–Crippen MR) is 152 cm³/mol. The Bertz CT molecular complexity index is 1330. The van der Waals surface area contributed by atoms with Gasteiger partial charge in [-0.2, -0.15) is 0 Å². The number of anilines is 1. The van der Waals surface area contributed by atoms with Crippen LogP contribution in [0.1, 0.15) is 38.3 Å². The average Bonchev–Trinajstić information content (AvgIpc) is 2.89. The SMILES string of the molecule is CC[C@H](C(=O)NC(C)C)N(Cc1ccc(Cl)cc1)C(=O)CN(c1ccc(C)cc1)S(=O)(=O)c1ccccc1. The number of hydrogen-bond donors (Lipinski definition) is 1. The number of sulfonamides is 1. The van der Waals surface area contributed by atoms with Crippen LogP contribution in [-0.4, -0.2) is 43.8 Å². The largest absolute Gasteiger partial charge is 0.352 e. The van der Waals surface area contributed by atoms with Gasteiger partial charge in [0.25, 0.3) is 10.0 Å². The Balaban J connectivity index is 2.04. The number of amides is 2. The van der Waals surface area contributed by atoms with Gasteiger partial charge in [0, 0.05) is 17.6 Å². The van der Waals surface area contributed by atoms with Crippen molar-refractivity contribution in [1.29, 1.82) is 0 Å². The minimum atomic E-state index is -4.08. The van der Waals surface area contributed by atoms with E-state index in [2.05, 4.69) is 5.32 Å². The van der Waals surface area contributed by atoms with E-state index in [9.17, 15) is 18.0 Å². The first-order valence-electron chi connectivity index (χ1n) is 12.5. The van der Waals surface area contributed by atoms with Crippen LogP contribution >= 0.6 is 11.6 Å². The summed E-state index contributed by atoms with van der Waals surface area (Å²) in [4.78, 5) is 28.6. The molecule has 1 atom stereocenters. The third kappa shape index (κ3) is 7.36. The Hall–Kier alpha value is -3.36. The number of aryl methyl sites for hydroxylation is 1. The molecule has 1 N–H and O–H groups in total. The van der Waals surface area contributed by atoms with E-state index in [1.807, 2.05) is 27.7 Å². The molecule has 7 nitrogen and oxygen atoms in total. The van der Waals surface area contributed by atoms with Crippen LogP contribution in [0.4, 0.5) is 5.69 Å². The summed E-state index contributed by atoms with van der Waals surface area (Å²) >= 11 is 6.05. The summed E-state index contributed by atoms with van der Waals surface area (Å²) in [6.07, 6.45) is 0.355. The third-order valence-corrected chi connectivity index (χ3v) is 8.06. The zero-order chi connectivity index (χ0) is 27.9. The van der Waals surface area contributed by atoms with E-state index in [1.54, 1.807) is 66.7 Å². The van der Waals surface area contributed by atoms with Crippen LogP contribution in [0.15, 0.2) is 83.8 Å². The van der Waals surface area contributed by atoms with Crippen molar-refractivity contribution in [1.82, 2.24) is 10.2 Å². The van der Waals surface area contributed by atoms with Crippen molar-refractivity contribution in [3.05, 3.63) is 95.0 Å². The second-order valence-corrected chi connectivity index (χ2v) is 11.7. The second kappa shape index (κ2) is 12.9. The van der Waals surface area contributed by atoms with E-state index in [0.29, 0.717) is 17.1 Å². The van der Waals surface area contributed by atoms with Gasteiger partial charge in [-0.25, -0.2) is 8.42 Å². The van der Waals surface area contributed by atoms with Crippen LogP contribution in [0.3, 0.4) is 0 Å². The summed E-state index contributed by atoms with van der Waals surface area (Å²) in [6, 6.07) is 21.0. The summed E-state index contributed by atoms with van der Waals surface area (Å²) in [5.74, 6) is -0.789. The van der Waals surface area contributed by atoms with E-state index in [4.69, 9.17) is 11.6 Å². The van der Waals surface area contributed by atoms with Crippen LogP contribution in [0.5, 0.6) is 0 Å². The number of carbonyl (C=O) groups is 2. The average molecular weight is 556 g/mol. The number of hydrogen-bond acceptors (Lipinski definition) is 4. The maximum absolute atomic E-state index is 13.9. The molecule has 202 valence electrons. The van der Waals surface area contributed by atoms with E-state index >= 15 is 0 Å². The minimum Gasteiger partial charge on any atom is -0.352 e. The molecule has 0 aliphatic carbocycles. The molecule has 0 unspecified atom stereocenters. The lowest BCUT2D eigenvalue weighted by molar-refractivity contribution is -0.140. The molecule has 0 aromatic heterocycles. The summed E-state index contributed by atoms with van der Waals surface area (Å²) in [6.45, 7) is 7.07. The van der Waals surface area contributed by atoms with Gasteiger partial charge in [-0.3, -0.25) is 13.9 Å². The van der Waals surface area contributed by atoms with Crippen molar-refractivity contribution in [3.63, 3.8) is 0 Å². The zero-order valence-electron chi connectivity index (χ0n) is 22.1. The highest BCUT2D eigenvalue weighted by atomic mass is 35.5. The van der Waals surface area contributed by atoms with Gasteiger partial charge in [0.1, 0.15) is 12.6 Å². The number of nitrogens with zero attached hydrogens (tertiary/aromatic N) is 2. The highest BCUT2D eigenvalue weighted by Gasteiger charge is 2.33. The van der Waals surface area contributed by atoms with Crippen molar-refractivity contribution in [2.75, 3.05) is 10.8 Å². The quantitative estimate of drug-likeness (QED) is 0.353. The maximum Gasteiger partial charge on any atom is 0.264 e. The fourth-order valence-electron chi connectivity index (χ4n) is 4.05. The van der Waals surface area contributed by atoms with Gasteiger partial charge >= 0.3 is 0 Å². The van der Waals surface area contributed by atoms with Crippen molar-refractivity contribution in [2.24, 2.45) is 0 Å². The predicted octanol–water partition coefficient (Wildman–Crippen LogP) is 5.18. The first kappa shape index (κ1) is 29.2. The van der Waals surface area contributed by atoms with Crippen LogP contribution in [0, 0.1) is 6.92 Å². The van der Waals surface area contributed by atoms with Crippen LogP contribution in [-0.2, 0) is 26.2 Å². The fourth-order valence-corrected chi connectivity index (χ4v) is 5.61. The van der Waals surface area contributed by atoms with Crippen LogP contribution in [0.25, 0.3) is 0 Å². The van der Waals surface area contributed by atoms with Gasteiger partial charge in [-0.05, 0) is 69.2 Å². The smallest absolute Gasteiger partial charge is 0.264 e. The second-order valence-electron chi connectivity index (χ2n) is 9.40. The highest BCUT2D eigenvalue weighted by Crippen LogP contribution is 2.25. The molecule has 38 heavy (non-hydrogen) atoms. The molecule has 3 aromatic carbocycles. The van der Waals surface area contributed by atoms with Crippen molar-refractivity contribution in [2.45, 2.75) is 57.6 Å². The molecule has 0 saturated heterocycles. The molecule has 0 saturated carbocycles. The minimum absolute atomic E-state index is 0.0715. The van der Waals surface area contributed by atoms with E-state index in [-0.39, 0.29) is 23.4 Å². The Kier molecular flexibility index (Phi) is 9.94. The number of nitrogens with one attached hydrogen (secondary N) is 1. The van der Waals surface area contributed by atoms with E-state index in [1.165, 1.54) is 17.0 Å². The molecule has 2 amide bonds. The topological polar surface area (TPSA) is 86.8 Å². The summed E-state index contributed by atoms with van der Waals surface area (Å²) in [7, 11) is -4.08. The van der Waals surface area contributed by atoms with Gasteiger partial charge < -0.3 is 10.2 Å². The zero-order valence-corrected chi connectivity index (χ0v) is 23.7. The lowest BCUT2D eigenvalue weighted by Crippen LogP contribution is -2.53. The molecular weight excluding hydrogens is 522 g/mol. The normalized spacial score (nSPS) is 12.2. The maximum atomic E-state index is 13.9. The fraction of sp³-hybridized carbons (Fsp3) is 0.310. The van der Waals surface area contributed by atoms with Gasteiger partial charge in [-0.15, -0.1) is 0 Å². The number of halogens is 1. The number of rotatable bonds is 11. The molecule has 0 spiro atoms. The van der Waals surface area contributed by atoms with Crippen molar-refractivity contribution < 1.29 is 18.0 Å². The lowest BCUT2D eigenvalue weighted by Gasteiger charge is -2.33. The Morgan fingerprint density at radius 1 is 0.921 bits per heavy atom. The third-order valence-electron chi connectivity index (χ3n) is 6.02. The van der Waals surface area contributed by atoms with Gasteiger partial charge in [0.15, 0.2) is 0 Å². The van der Waals surface area contributed by atoms with Crippen LogP contribution in [0.2, 0.25) is 5.02 Å². The molecule has 0 fully saturated rings. The molecule has 0 aliphatic heterocycles. The first-order valence-corrected chi connectivity index (χ1v) is 14.3. The monoisotopic (exact) mass is 555 g/mol. The summed E-state index contributed by atoms with van der Waals surface area (Å²) in [5.41, 5.74) is 2.09. The molecule has 9 heteroatoms. The Morgan fingerprint density at radius 3 is 2.08 bits per heavy atom. The summed E-state index contributed by atoms with van der Waals surface area (Å²) < 4.78 is 28.6.